The van der Waals surface area contributed by atoms with Crippen LogP contribution in [-0.2, 0) is 17.9 Å². The number of aromatic nitrogens is 1. The second-order valence-electron chi connectivity index (χ2n) is 6.35. The Labute approximate surface area is 92.9 Å². The summed E-state index contributed by atoms with van der Waals surface area (Å²) in [4.78, 5) is 0. The van der Waals surface area contributed by atoms with E-state index in [0.29, 0.717) is 5.75 Å². The molecule has 0 aliphatic carbocycles. The molecule has 86 valence electrons. The van der Waals surface area contributed by atoms with Gasteiger partial charge in [0.25, 0.3) is 0 Å². The fourth-order valence-electron chi connectivity index (χ4n) is 2.05. The average Bonchev–Trinajstić information content (AvgIpc) is 2.22. The SMILES string of the molecule is Cn1cc(C(C)(C)C)c(O)c1C(C)(C)C. The van der Waals surface area contributed by atoms with Crippen molar-refractivity contribution in [3.05, 3.63) is 17.5 Å². The minimum Gasteiger partial charge on any atom is -0.506 e. The smallest absolute Gasteiger partial charge is 0.140 e. The van der Waals surface area contributed by atoms with E-state index in [1.807, 2.05) is 17.8 Å². The molecule has 0 saturated carbocycles. The molecule has 1 rings (SSSR count). The second-order valence-corrected chi connectivity index (χ2v) is 6.35. The van der Waals surface area contributed by atoms with Crippen LogP contribution in [0.2, 0.25) is 0 Å². The van der Waals surface area contributed by atoms with Gasteiger partial charge in [-0.2, -0.15) is 0 Å². The third-order valence-corrected chi connectivity index (χ3v) is 2.67. The molecule has 2 nitrogen and oxygen atoms in total. The summed E-state index contributed by atoms with van der Waals surface area (Å²) in [6.45, 7) is 12.7. The van der Waals surface area contributed by atoms with Crippen molar-refractivity contribution < 1.29 is 5.11 Å². The molecule has 0 saturated heterocycles. The van der Waals surface area contributed by atoms with E-state index in [-0.39, 0.29) is 10.8 Å². The molecule has 0 bridgehead atoms. The molecular formula is C13H23NO. The van der Waals surface area contributed by atoms with Crippen molar-refractivity contribution in [3.8, 4) is 5.75 Å². The van der Waals surface area contributed by atoms with Crippen molar-refractivity contribution in [1.82, 2.24) is 4.57 Å². The minimum absolute atomic E-state index is 0.00859. The topological polar surface area (TPSA) is 25.2 Å². The standard InChI is InChI=1S/C13H23NO/c1-12(2,3)9-8-14(7)11(10(9)15)13(4,5)6/h8,15H,1-7H3. The molecule has 0 atom stereocenters. The summed E-state index contributed by atoms with van der Waals surface area (Å²) in [5.74, 6) is 0.456. The van der Waals surface area contributed by atoms with Gasteiger partial charge in [-0.3, -0.25) is 0 Å². The van der Waals surface area contributed by atoms with Crippen LogP contribution >= 0.6 is 0 Å². The van der Waals surface area contributed by atoms with E-state index in [0.717, 1.165) is 11.3 Å². The van der Waals surface area contributed by atoms with Crippen LogP contribution in [0.15, 0.2) is 6.20 Å². The lowest BCUT2D eigenvalue weighted by molar-refractivity contribution is 0.421. The summed E-state index contributed by atoms with van der Waals surface area (Å²) >= 11 is 0. The van der Waals surface area contributed by atoms with Crippen LogP contribution in [-0.4, -0.2) is 9.67 Å². The van der Waals surface area contributed by atoms with Gasteiger partial charge in [0.1, 0.15) is 5.75 Å². The highest BCUT2D eigenvalue weighted by Gasteiger charge is 2.29. The van der Waals surface area contributed by atoms with E-state index in [2.05, 4.69) is 41.5 Å². The molecular weight excluding hydrogens is 186 g/mol. The van der Waals surface area contributed by atoms with E-state index in [4.69, 9.17) is 0 Å². The Balaban J connectivity index is 3.41. The van der Waals surface area contributed by atoms with E-state index in [9.17, 15) is 5.11 Å². The number of rotatable bonds is 0. The van der Waals surface area contributed by atoms with Crippen LogP contribution in [0.5, 0.6) is 5.75 Å². The highest BCUT2D eigenvalue weighted by molar-refractivity contribution is 5.44. The Kier molecular flexibility index (Phi) is 2.67. The monoisotopic (exact) mass is 209 g/mol. The largest absolute Gasteiger partial charge is 0.506 e. The number of hydrogen-bond acceptors (Lipinski definition) is 1. The minimum atomic E-state index is -0.0255. The summed E-state index contributed by atoms with van der Waals surface area (Å²) < 4.78 is 2.04. The number of nitrogens with zero attached hydrogens (tertiary/aromatic N) is 1. The van der Waals surface area contributed by atoms with Gasteiger partial charge in [-0.25, -0.2) is 0 Å². The van der Waals surface area contributed by atoms with Gasteiger partial charge < -0.3 is 9.67 Å². The van der Waals surface area contributed by atoms with Gasteiger partial charge in [0, 0.05) is 24.2 Å². The Morgan fingerprint density at radius 1 is 1.00 bits per heavy atom. The van der Waals surface area contributed by atoms with Crippen molar-refractivity contribution in [2.45, 2.75) is 52.4 Å². The van der Waals surface area contributed by atoms with E-state index < -0.39 is 0 Å². The lowest BCUT2D eigenvalue weighted by Gasteiger charge is -2.21. The summed E-state index contributed by atoms with van der Waals surface area (Å²) in [5.41, 5.74) is 2.00. The number of aryl methyl sites for hydroxylation is 1. The second kappa shape index (κ2) is 3.29. The number of aromatic hydroxyl groups is 1. The van der Waals surface area contributed by atoms with Crippen LogP contribution in [0, 0.1) is 0 Å². The first-order valence-corrected chi connectivity index (χ1v) is 5.44. The Hall–Kier alpha value is -0.920. The zero-order chi connectivity index (χ0) is 12.0. The average molecular weight is 209 g/mol. The first-order chi connectivity index (χ1) is 6.55. The molecule has 15 heavy (non-hydrogen) atoms. The molecule has 2 heteroatoms. The Morgan fingerprint density at radius 2 is 1.47 bits per heavy atom. The van der Waals surface area contributed by atoms with Crippen LogP contribution in [0.3, 0.4) is 0 Å². The molecule has 0 aliphatic rings. The molecule has 0 radical (unpaired) electrons. The third kappa shape index (κ3) is 2.19. The third-order valence-electron chi connectivity index (χ3n) is 2.67. The predicted molar refractivity (Wildman–Crippen MR) is 64.5 cm³/mol. The zero-order valence-corrected chi connectivity index (χ0v) is 11.0. The van der Waals surface area contributed by atoms with Gasteiger partial charge >= 0.3 is 0 Å². The fraction of sp³-hybridized carbons (Fsp3) is 0.692. The predicted octanol–water partition coefficient (Wildman–Crippen LogP) is 3.33. The van der Waals surface area contributed by atoms with E-state index in [1.165, 1.54) is 0 Å². The zero-order valence-electron chi connectivity index (χ0n) is 11.0. The first kappa shape index (κ1) is 12.2. The summed E-state index contributed by atoms with van der Waals surface area (Å²) in [7, 11) is 2.00. The maximum Gasteiger partial charge on any atom is 0.140 e. The maximum absolute atomic E-state index is 10.3. The Morgan fingerprint density at radius 3 is 1.67 bits per heavy atom. The summed E-state index contributed by atoms with van der Waals surface area (Å²) in [5, 5.41) is 10.3. The summed E-state index contributed by atoms with van der Waals surface area (Å²) in [6.07, 6.45) is 2.04. The van der Waals surface area contributed by atoms with Gasteiger partial charge in [-0.1, -0.05) is 41.5 Å². The summed E-state index contributed by atoms with van der Waals surface area (Å²) in [6, 6.07) is 0. The van der Waals surface area contributed by atoms with Crippen LogP contribution in [0.1, 0.15) is 52.8 Å². The lowest BCUT2D eigenvalue weighted by Crippen LogP contribution is -2.15. The van der Waals surface area contributed by atoms with Crippen molar-refractivity contribution in [2.75, 3.05) is 0 Å². The lowest BCUT2D eigenvalue weighted by atomic mass is 9.85. The van der Waals surface area contributed by atoms with E-state index >= 15 is 0 Å². The van der Waals surface area contributed by atoms with Gasteiger partial charge in [0.05, 0.1) is 5.69 Å². The Bertz CT molecular complexity index is 361. The highest BCUT2D eigenvalue weighted by atomic mass is 16.3. The molecule has 0 aliphatic heterocycles. The molecule has 0 fully saturated rings. The van der Waals surface area contributed by atoms with Crippen LogP contribution < -0.4 is 0 Å². The van der Waals surface area contributed by atoms with Gasteiger partial charge in [0.2, 0.25) is 0 Å². The van der Waals surface area contributed by atoms with Crippen molar-refractivity contribution in [1.29, 1.82) is 0 Å². The highest BCUT2D eigenvalue weighted by Crippen LogP contribution is 2.39. The van der Waals surface area contributed by atoms with Crippen LogP contribution in [0.4, 0.5) is 0 Å². The van der Waals surface area contributed by atoms with Crippen molar-refractivity contribution >= 4 is 0 Å². The molecule has 0 unspecified atom stereocenters. The molecule has 1 aromatic rings. The quantitative estimate of drug-likeness (QED) is 0.696. The normalized spacial score (nSPS) is 13.3. The van der Waals surface area contributed by atoms with Gasteiger partial charge in [-0.15, -0.1) is 0 Å². The molecule has 0 spiro atoms. The maximum atomic E-state index is 10.3. The van der Waals surface area contributed by atoms with E-state index in [1.54, 1.807) is 0 Å². The van der Waals surface area contributed by atoms with Gasteiger partial charge in [0.15, 0.2) is 0 Å². The molecule has 0 aromatic carbocycles. The van der Waals surface area contributed by atoms with Crippen molar-refractivity contribution in [3.63, 3.8) is 0 Å². The molecule has 1 aromatic heterocycles. The van der Waals surface area contributed by atoms with Gasteiger partial charge in [-0.05, 0) is 5.41 Å². The number of hydrogen-bond donors (Lipinski definition) is 1. The molecule has 1 heterocycles. The van der Waals surface area contributed by atoms with Crippen molar-refractivity contribution in [2.24, 2.45) is 7.05 Å². The van der Waals surface area contributed by atoms with Crippen LogP contribution in [0.25, 0.3) is 0 Å². The fourth-order valence-corrected chi connectivity index (χ4v) is 2.05. The first-order valence-electron chi connectivity index (χ1n) is 5.44. The molecule has 0 amide bonds. The molecule has 1 N–H and O–H groups in total.